The Morgan fingerprint density at radius 1 is 0.864 bits per heavy atom. The highest BCUT2D eigenvalue weighted by molar-refractivity contribution is 6.06. The zero-order valence-corrected chi connectivity index (χ0v) is 12.0. The lowest BCUT2D eigenvalue weighted by Gasteiger charge is -2.13. The van der Waals surface area contributed by atoms with Crippen LogP contribution in [0.2, 0.25) is 0 Å². The van der Waals surface area contributed by atoms with Crippen LogP contribution >= 0.6 is 0 Å². The van der Waals surface area contributed by atoms with Gasteiger partial charge in [0, 0.05) is 5.56 Å². The maximum absolute atomic E-state index is 7.80. The van der Waals surface area contributed by atoms with Crippen LogP contribution in [0.1, 0.15) is 5.56 Å². The lowest BCUT2D eigenvalue weighted by atomic mass is 9.97. The number of hydrogen-bond acceptors (Lipinski definition) is 3. The second-order valence-electron chi connectivity index (χ2n) is 4.96. The summed E-state index contributed by atoms with van der Waals surface area (Å²) in [5, 5.41) is 7.80. The third-order valence-electron chi connectivity index (χ3n) is 3.47. The molecule has 4 nitrogen and oxygen atoms in total. The van der Waals surface area contributed by atoms with Gasteiger partial charge in [-0.15, -0.1) is 0 Å². The SMILES string of the molecule is N=C(N)c1c(-c2ccccc2)cc(-c2ccccc2)nc1N. The molecule has 3 rings (SSSR count). The van der Waals surface area contributed by atoms with Crippen LogP contribution in [0.4, 0.5) is 5.82 Å². The monoisotopic (exact) mass is 288 g/mol. The van der Waals surface area contributed by atoms with Crippen molar-refractivity contribution in [2.75, 3.05) is 5.73 Å². The van der Waals surface area contributed by atoms with Gasteiger partial charge in [0.25, 0.3) is 0 Å². The second kappa shape index (κ2) is 5.69. The lowest BCUT2D eigenvalue weighted by Crippen LogP contribution is -2.16. The van der Waals surface area contributed by atoms with Crippen LogP contribution in [-0.4, -0.2) is 10.8 Å². The predicted molar refractivity (Wildman–Crippen MR) is 90.5 cm³/mol. The Morgan fingerprint density at radius 2 is 1.41 bits per heavy atom. The number of nitrogens with zero attached hydrogens (tertiary/aromatic N) is 1. The smallest absolute Gasteiger partial charge is 0.135 e. The van der Waals surface area contributed by atoms with E-state index < -0.39 is 0 Å². The van der Waals surface area contributed by atoms with E-state index in [1.165, 1.54) is 0 Å². The average Bonchev–Trinajstić information content (AvgIpc) is 2.55. The summed E-state index contributed by atoms with van der Waals surface area (Å²) in [4.78, 5) is 4.41. The summed E-state index contributed by atoms with van der Waals surface area (Å²) in [5.74, 6) is 0.191. The van der Waals surface area contributed by atoms with Gasteiger partial charge in [0.15, 0.2) is 0 Å². The quantitative estimate of drug-likeness (QED) is 0.510. The van der Waals surface area contributed by atoms with Crippen LogP contribution in [0.5, 0.6) is 0 Å². The highest BCUT2D eigenvalue weighted by atomic mass is 14.9. The molecule has 22 heavy (non-hydrogen) atoms. The number of nitrogens with two attached hydrogens (primary N) is 2. The Balaban J connectivity index is 2.26. The minimum atomic E-state index is -0.0801. The van der Waals surface area contributed by atoms with E-state index in [4.69, 9.17) is 16.9 Å². The molecule has 108 valence electrons. The Hall–Kier alpha value is -3.14. The molecule has 0 amide bonds. The lowest BCUT2D eigenvalue weighted by molar-refractivity contribution is 1.30. The molecule has 5 N–H and O–H groups in total. The van der Waals surface area contributed by atoms with Gasteiger partial charge in [-0.2, -0.15) is 0 Å². The first kappa shape index (κ1) is 13.8. The van der Waals surface area contributed by atoms with Gasteiger partial charge in [0.1, 0.15) is 11.7 Å². The molecule has 3 aromatic rings. The van der Waals surface area contributed by atoms with E-state index in [1.807, 2.05) is 66.7 Å². The normalized spacial score (nSPS) is 10.4. The van der Waals surface area contributed by atoms with Crippen LogP contribution in [0.3, 0.4) is 0 Å². The summed E-state index contributed by atoms with van der Waals surface area (Å²) < 4.78 is 0. The molecule has 0 radical (unpaired) electrons. The standard InChI is InChI=1S/C18H16N4/c19-17(20)16-14(12-7-3-1-4-8-12)11-15(22-18(16)21)13-9-5-2-6-10-13/h1-11H,(H3,19,20)(H2,21,22). The van der Waals surface area contributed by atoms with E-state index in [2.05, 4.69) is 4.98 Å². The number of nitrogen functional groups attached to an aromatic ring is 2. The first-order chi connectivity index (χ1) is 10.7. The first-order valence-corrected chi connectivity index (χ1v) is 6.92. The van der Waals surface area contributed by atoms with Gasteiger partial charge in [-0.1, -0.05) is 60.7 Å². The number of amidine groups is 1. The Bertz CT molecular complexity index is 811. The molecular formula is C18H16N4. The van der Waals surface area contributed by atoms with Crippen molar-refractivity contribution in [1.29, 1.82) is 5.41 Å². The number of nitrogens with one attached hydrogen (secondary N) is 1. The zero-order chi connectivity index (χ0) is 15.5. The van der Waals surface area contributed by atoms with Crippen molar-refractivity contribution in [1.82, 2.24) is 4.98 Å². The molecule has 0 aliphatic rings. The summed E-state index contributed by atoms with van der Waals surface area (Å²) in [7, 11) is 0. The fourth-order valence-corrected chi connectivity index (χ4v) is 2.45. The van der Waals surface area contributed by atoms with Crippen LogP contribution < -0.4 is 11.5 Å². The third-order valence-corrected chi connectivity index (χ3v) is 3.47. The predicted octanol–water partition coefficient (Wildman–Crippen LogP) is 3.28. The fraction of sp³-hybridized carbons (Fsp3) is 0. The van der Waals surface area contributed by atoms with E-state index in [-0.39, 0.29) is 11.7 Å². The van der Waals surface area contributed by atoms with E-state index in [9.17, 15) is 0 Å². The number of aromatic nitrogens is 1. The van der Waals surface area contributed by atoms with Crippen LogP contribution in [-0.2, 0) is 0 Å². The van der Waals surface area contributed by atoms with Gasteiger partial charge in [0.05, 0.1) is 11.3 Å². The van der Waals surface area contributed by atoms with E-state index in [0.29, 0.717) is 5.56 Å². The maximum atomic E-state index is 7.80. The molecule has 0 fully saturated rings. The Kier molecular flexibility index (Phi) is 3.58. The zero-order valence-electron chi connectivity index (χ0n) is 12.0. The maximum Gasteiger partial charge on any atom is 0.135 e. The highest BCUT2D eigenvalue weighted by Crippen LogP contribution is 2.31. The summed E-state index contributed by atoms with van der Waals surface area (Å²) >= 11 is 0. The molecule has 0 unspecified atom stereocenters. The molecule has 0 spiro atoms. The molecule has 0 aliphatic carbocycles. The van der Waals surface area contributed by atoms with Gasteiger partial charge in [0.2, 0.25) is 0 Å². The summed E-state index contributed by atoms with van der Waals surface area (Å²) in [6.45, 7) is 0. The first-order valence-electron chi connectivity index (χ1n) is 6.92. The van der Waals surface area contributed by atoms with Crippen molar-refractivity contribution in [3.63, 3.8) is 0 Å². The van der Waals surface area contributed by atoms with E-state index in [0.717, 1.165) is 22.4 Å². The molecule has 0 bridgehead atoms. The number of hydrogen-bond donors (Lipinski definition) is 3. The number of benzene rings is 2. The minimum absolute atomic E-state index is 0.0801. The molecule has 1 aromatic heterocycles. The molecule has 0 aliphatic heterocycles. The molecule has 0 saturated carbocycles. The van der Waals surface area contributed by atoms with Crippen molar-refractivity contribution in [3.05, 3.63) is 72.3 Å². The number of rotatable bonds is 3. The molecule has 1 heterocycles. The summed E-state index contributed by atoms with van der Waals surface area (Å²) in [6.07, 6.45) is 0. The Morgan fingerprint density at radius 3 is 1.95 bits per heavy atom. The topological polar surface area (TPSA) is 88.8 Å². The van der Waals surface area contributed by atoms with Gasteiger partial charge in [-0.25, -0.2) is 4.98 Å². The number of pyridine rings is 1. The fourth-order valence-electron chi connectivity index (χ4n) is 2.45. The van der Waals surface area contributed by atoms with Crippen LogP contribution in [0.25, 0.3) is 22.4 Å². The highest BCUT2D eigenvalue weighted by Gasteiger charge is 2.15. The second-order valence-corrected chi connectivity index (χ2v) is 4.96. The van der Waals surface area contributed by atoms with Gasteiger partial charge in [-0.05, 0) is 17.2 Å². The van der Waals surface area contributed by atoms with Gasteiger partial charge < -0.3 is 11.5 Å². The van der Waals surface area contributed by atoms with Crippen molar-refractivity contribution in [2.24, 2.45) is 5.73 Å². The van der Waals surface area contributed by atoms with Crippen LogP contribution in [0.15, 0.2) is 66.7 Å². The average molecular weight is 288 g/mol. The van der Waals surface area contributed by atoms with Gasteiger partial charge >= 0.3 is 0 Å². The molecular weight excluding hydrogens is 272 g/mol. The van der Waals surface area contributed by atoms with Gasteiger partial charge in [-0.3, -0.25) is 5.41 Å². The van der Waals surface area contributed by atoms with E-state index in [1.54, 1.807) is 0 Å². The third kappa shape index (κ3) is 2.54. The molecule has 4 heteroatoms. The molecule has 0 atom stereocenters. The Labute approximate surface area is 128 Å². The van der Waals surface area contributed by atoms with E-state index >= 15 is 0 Å². The molecule has 0 saturated heterocycles. The number of anilines is 1. The van der Waals surface area contributed by atoms with Crippen molar-refractivity contribution in [3.8, 4) is 22.4 Å². The van der Waals surface area contributed by atoms with Crippen LogP contribution in [0, 0.1) is 5.41 Å². The largest absolute Gasteiger partial charge is 0.384 e. The summed E-state index contributed by atoms with van der Waals surface area (Å²) in [6, 6.07) is 21.5. The summed E-state index contributed by atoms with van der Waals surface area (Å²) in [5.41, 5.74) is 15.8. The minimum Gasteiger partial charge on any atom is -0.384 e. The van der Waals surface area contributed by atoms with Crippen molar-refractivity contribution < 1.29 is 0 Å². The van der Waals surface area contributed by atoms with Crippen molar-refractivity contribution >= 4 is 11.7 Å². The van der Waals surface area contributed by atoms with Crippen molar-refractivity contribution in [2.45, 2.75) is 0 Å². The molecule has 2 aromatic carbocycles.